The van der Waals surface area contributed by atoms with Crippen molar-refractivity contribution in [2.45, 2.75) is 59.9 Å². The molecule has 0 saturated heterocycles. The van der Waals surface area contributed by atoms with Gasteiger partial charge in [-0.05, 0) is 44.2 Å². The Hall–Kier alpha value is -2.44. The average molecular weight is 401 g/mol. The normalized spacial score (nSPS) is 11.0. The van der Waals surface area contributed by atoms with Crippen LogP contribution in [0.2, 0.25) is 0 Å². The van der Waals surface area contributed by atoms with Gasteiger partial charge in [-0.1, -0.05) is 37.3 Å². The maximum atomic E-state index is 13.0. The number of hydrogen-bond acceptors (Lipinski definition) is 4. The van der Waals surface area contributed by atoms with Crippen LogP contribution in [0.3, 0.4) is 0 Å². The Bertz CT molecular complexity index is 927. The van der Waals surface area contributed by atoms with Crippen LogP contribution in [0.15, 0.2) is 46.5 Å². The lowest BCUT2D eigenvalue weighted by Gasteiger charge is -2.19. The second-order valence-electron chi connectivity index (χ2n) is 6.79. The summed E-state index contributed by atoms with van der Waals surface area (Å²) >= 11 is 0. The number of aromatic nitrogens is 2. The van der Waals surface area contributed by atoms with Crippen molar-refractivity contribution in [3.63, 3.8) is 0 Å². The molecule has 0 aliphatic rings. The number of allylic oxidation sites excluding steroid dienone is 1. The van der Waals surface area contributed by atoms with E-state index >= 15 is 0 Å². The van der Waals surface area contributed by atoms with Gasteiger partial charge >= 0.3 is 5.69 Å². The first kappa shape index (κ1) is 22.8. The highest BCUT2D eigenvalue weighted by Gasteiger charge is 2.18. The molecule has 0 fully saturated rings. The molecule has 2 rings (SSSR count). The van der Waals surface area contributed by atoms with Crippen LogP contribution >= 0.6 is 0 Å². The number of hydrogen-bond donors (Lipinski definition) is 0. The zero-order chi connectivity index (χ0) is 21.2. The Labute approximate surface area is 172 Å². The van der Waals surface area contributed by atoms with E-state index in [1.54, 1.807) is 4.57 Å². The molecule has 1 aromatic heterocycles. The lowest BCUT2D eigenvalue weighted by atomic mass is 10.0. The minimum atomic E-state index is -0.396. The van der Waals surface area contributed by atoms with Gasteiger partial charge in [0.05, 0.1) is 0 Å². The molecule has 1 heterocycles. The molecule has 0 unspecified atom stereocenters. The first-order valence-electron chi connectivity index (χ1n) is 10.3. The van der Waals surface area contributed by atoms with Gasteiger partial charge < -0.3 is 9.47 Å². The van der Waals surface area contributed by atoms with E-state index in [1.807, 2.05) is 39.0 Å². The molecule has 0 amide bonds. The van der Waals surface area contributed by atoms with E-state index in [0.29, 0.717) is 37.3 Å². The van der Waals surface area contributed by atoms with Gasteiger partial charge in [0.1, 0.15) is 13.5 Å². The Balaban J connectivity index is 2.55. The van der Waals surface area contributed by atoms with E-state index in [-0.39, 0.29) is 19.0 Å². The average Bonchev–Trinajstić information content (AvgIpc) is 2.72. The molecule has 0 saturated carbocycles. The topological polar surface area (TPSA) is 62.5 Å². The molecule has 158 valence electrons. The number of nitrogens with zero attached hydrogens (tertiary/aromatic N) is 2. The minimum Gasteiger partial charge on any atom is -0.361 e. The van der Waals surface area contributed by atoms with E-state index in [9.17, 15) is 9.59 Å². The first-order chi connectivity index (χ1) is 14.1. The Morgan fingerprint density at radius 3 is 2.28 bits per heavy atom. The summed E-state index contributed by atoms with van der Waals surface area (Å²) in [5.74, 6) is 0. The van der Waals surface area contributed by atoms with Crippen molar-refractivity contribution >= 4 is 0 Å². The number of ether oxygens (including phenoxy) is 2. The molecule has 0 aliphatic carbocycles. The van der Waals surface area contributed by atoms with Gasteiger partial charge in [0.15, 0.2) is 0 Å². The smallest absolute Gasteiger partial charge is 0.335 e. The highest BCUT2D eigenvalue weighted by atomic mass is 16.5. The third-order valence-corrected chi connectivity index (χ3v) is 4.84. The highest BCUT2D eigenvalue weighted by molar-refractivity contribution is 5.30. The summed E-state index contributed by atoms with van der Waals surface area (Å²) in [7, 11) is 0. The molecule has 0 atom stereocenters. The molecular weight excluding hydrogens is 368 g/mol. The molecule has 6 nitrogen and oxygen atoms in total. The van der Waals surface area contributed by atoms with E-state index in [4.69, 9.17) is 9.47 Å². The Morgan fingerprint density at radius 2 is 1.66 bits per heavy atom. The van der Waals surface area contributed by atoms with E-state index in [0.717, 1.165) is 23.0 Å². The molecule has 1 aromatic carbocycles. The molecule has 2 aromatic rings. The molecule has 0 bridgehead atoms. The summed E-state index contributed by atoms with van der Waals surface area (Å²) in [6.45, 7) is 10.4. The van der Waals surface area contributed by atoms with Crippen molar-refractivity contribution in [2.75, 3.05) is 13.2 Å². The lowest BCUT2D eigenvalue weighted by Crippen LogP contribution is -2.44. The molecule has 0 radical (unpaired) electrons. The van der Waals surface area contributed by atoms with Gasteiger partial charge in [-0.15, -0.1) is 6.58 Å². The Kier molecular flexibility index (Phi) is 9.09. The van der Waals surface area contributed by atoms with E-state index in [1.165, 1.54) is 5.56 Å². The van der Waals surface area contributed by atoms with Crippen LogP contribution in [0.25, 0.3) is 0 Å². The summed E-state index contributed by atoms with van der Waals surface area (Å²) in [6.07, 6.45) is 4.76. The van der Waals surface area contributed by atoms with Crippen molar-refractivity contribution in [2.24, 2.45) is 0 Å². The second kappa shape index (κ2) is 11.5. The van der Waals surface area contributed by atoms with Crippen LogP contribution in [-0.2, 0) is 42.2 Å². The van der Waals surface area contributed by atoms with Gasteiger partial charge in [-0.2, -0.15) is 0 Å². The van der Waals surface area contributed by atoms with Crippen LogP contribution in [-0.4, -0.2) is 22.3 Å². The third kappa shape index (κ3) is 5.78. The largest absolute Gasteiger partial charge is 0.361 e. The SMILES string of the molecule is C=CCCc1cccc(Cc2c(CC)c(=O)n(COCC)c(=O)n2COCC)c1. The summed E-state index contributed by atoms with van der Waals surface area (Å²) in [5, 5.41) is 0. The van der Waals surface area contributed by atoms with Gasteiger partial charge in [0.25, 0.3) is 5.56 Å². The highest BCUT2D eigenvalue weighted by Crippen LogP contribution is 2.15. The third-order valence-electron chi connectivity index (χ3n) is 4.84. The van der Waals surface area contributed by atoms with Gasteiger partial charge in [-0.3, -0.25) is 9.36 Å². The summed E-state index contributed by atoms with van der Waals surface area (Å²) in [6, 6.07) is 8.25. The fourth-order valence-corrected chi connectivity index (χ4v) is 3.32. The lowest BCUT2D eigenvalue weighted by molar-refractivity contribution is 0.0645. The van der Waals surface area contributed by atoms with Crippen molar-refractivity contribution in [1.29, 1.82) is 0 Å². The summed E-state index contributed by atoms with van der Waals surface area (Å²) in [5.41, 5.74) is 2.94. The van der Waals surface area contributed by atoms with Crippen LogP contribution in [0, 0.1) is 0 Å². The Morgan fingerprint density at radius 1 is 1.00 bits per heavy atom. The van der Waals surface area contributed by atoms with Crippen LogP contribution in [0.1, 0.15) is 49.6 Å². The predicted molar refractivity (Wildman–Crippen MR) is 115 cm³/mol. The fourth-order valence-electron chi connectivity index (χ4n) is 3.32. The molecule has 0 aliphatic heterocycles. The zero-order valence-corrected chi connectivity index (χ0v) is 17.8. The maximum absolute atomic E-state index is 13.0. The molecule has 0 spiro atoms. The summed E-state index contributed by atoms with van der Waals surface area (Å²) < 4.78 is 13.6. The van der Waals surface area contributed by atoms with Crippen LogP contribution in [0.5, 0.6) is 0 Å². The van der Waals surface area contributed by atoms with Gasteiger partial charge in [0, 0.05) is 30.9 Å². The van der Waals surface area contributed by atoms with Gasteiger partial charge in [0.2, 0.25) is 0 Å². The number of rotatable bonds is 12. The zero-order valence-electron chi connectivity index (χ0n) is 17.8. The van der Waals surface area contributed by atoms with Crippen LogP contribution < -0.4 is 11.2 Å². The molecule has 0 N–H and O–H groups in total. The van der Waals surface area contributed by atoms with Crippen molar-refractivity contribution in [3.05, 3.63) is 80.1 Å². The number of aryl methyl sites for hydroxylation is 1. The van der Waals surface area contributed by atoms with Crippen molar-refractivity contribution in [1.82, 2.24) is 9.13 Å². The van der Waals surface area contributed by atoms with Crippen LogP contribution in [0.4, 0.5) is 0 Å². The van der Waals surface area contributed by atoms with E-state index in [2.05, 4.69) is 18.7 Å². The van der Waals surface area contributed by atoms with Crippen molar-refractivity contribution in [3.8, 4) is 0 Å². The molecule has 29 heavy (non-hydrogen) atoms. The van der Waals surface area contributed by atoms with E-state index < -0.39 is 5.69 Å². The predicted octanol–water partition coefficient (Wildman–Crippen LogP) is 3.27. The second-order valence-corrected chi connectivity index (χ2v) is 6.79. The summed E-state index contributed by atoms with van der Waals surface area (Å²) in [4.78, 5) is 26.0. The maximum Gasteiger partial charge on any atom is 0.335 e. The molecule has 6 heteroatoms. The standard InChI is InChI=1S/C23H32N2O4/c1-5-9-11-18-12-10-13-19(14-18)15-21-20(6-2)22(26)25(17-29-8-4)23(27)24(21)16-28-7-3/h5,10,12-14H,1,6-9,11,15-17H2,2-4H3. The van der Waals surface area contributed by atoms with Crippen molar-refractivity contribution < 1.29 is 9.47 Å². The minimum absolute atomic E-state index is 0.0510. The monoisotopic (exact) mass is 400 g/mol. The fraction of sp³-hybridized carbons (Fsp3) is 0.478. The first-order valence-corrected chi connectivity index (χ1v) is 10.3. The quantitative estimate of drug-likeness (QED) is 0.513. The van der Waals surface area contributed by atoms with Gasteiger partial charge in [-0.25, -0.2) is 9.36 Å². The molecular formula is C23H32N2O4. The number of benzene rings is 1.